The van der Waals surface area contributed by atoms with Crippen molar-refractivity contribution in [2.75, 3.05) is 25.5 Å². The van der Waals surface area contributed by atoms with Crippen molar-refractivity contribution in [3.8, 4) is 16.2 Å². The summed E-state index contributed by atoms with van der Waals surface area (Å²) < 4.78 is 6.20. The van der Waals surface area contributed by atoms with Crippen molar-refractivity contribution in [3.63, 3.8) is 0 Å². The topological polar surface area (TPSA) is 89.3 Å². The lowest BCUT2D eigenvalue weighted by Crippen LogP contribution is -2.38. The van der Waals surface area contributed by atoms with Crippen LogP contribution in [0.5, 0.6) is 5.75 Å². The van der Waals surface area contributed by atoms with E-state index in [1.165, 1.54) is 0 Å². The van der Waals surface area contributed by atoms with Crippen molar-refractivity contribution in [2.24, 2.45) is 5.73 Å². The predicted octanol–water partition coefficient (Wildman–Crippen LogP) is 3.23. The van der Waals surface area contributed by atoms with Crippen LogP contribution in [0.2, 0.25) is 0 Å². The number of carbonyl (C=O) groups is 1. The Balaban J connectivity index is 1.79. The quantitative estimate of drug-likeness (QED) is 0.630. The first kappa shape index (κ1) is 17.8. The molecule has 1 amide bonds. The number of aromatic nitrogens is 1. The van der Waals surface area contributed by atoms with Gasteiger partial charge in [-0.15, -0.1) is 11.3 Å². The Morgan fingerprint density at radius 1 is 1.41 bits per heavy atom. The molecule has 0 radical (unpaired) electrons. The van der Waals surface area contributed by atoms with Gasteiger partial charge in [-0.2, -0.15) is 0 Å². The second kappa shape index (κ2) is 7.54. The van der Waals surface area contributed by atoms with Gasteiger partial charge in [-0.1, -0.05) is 12.1 Å². The summed E-state index contributed by atoms with van der Waals surface area (Å²) in [4.78, 5) is 17.5. The molecule has 1 saturated heterocycles. The zero-order chi connectivity index (χ0) is 18.8. The molecule has 3 heterocycles. The van der Waals surface area contributed by atoms with Crippen LogP contribution in [-0.2, 0) is 0 Å². The molecule has 4 rings (SSSR count). The Hall–Kier alpha value is -2.64. The molecule has 0 bridgehead atoms. The first-order valence-electron chi connectivity index (χ1n) is 8.99. The number of rotatable bonds is 5. The lowest BCUT2D eigenvalue weighted by atomic mass is 10.1. The minimum atomic E-state index is -0.461. The fourth-order valence-electron chi connectivity index (χ4n) is 3.40. The minimum Gasteiger partial charge on any atom is -0.497 e. The Bertz CT molecular complexity index is 979. The minimum absolute atomic E-state index is 0.328. The number of thiophene rings is 1. The van der Waals surface area contributed by atoms with Gasteiger partial charge in [0.2, 0.25) is 0 Å². The zero-order valence-corrected chi connectivity index (χ0v) is 15.9. The number of nitrogens with two attached hydrogens (primary N) is 1. The number of fused-ring (bicyclic) bond motifs is 1. The lowest BCUT2D eigenvalue weighted by Gasteiger charge is -2.24. The van der Waals surface area contributed by atoms with E-state index in [1.54, 1.807) is 24.6 Å². The smallest absolute Gasteiger partial charge is 0.251 e. The highest BCUT2D eigenvalue weighted by Gasteiger charge is 2.19. The van der Waals surface area contributed by atoms with E-state index in [9.17, 15) is 4.79 Å². The molecule has 0 spiro atoms. The van der Waals surface area contributed by atoms with Gasteiger partial charge in [0.15, 0.2) is 0 Å². The van der Waals surface area contributed by atoms with E-state index in [1.807, 2.05) is 24.3 Å². The molecule has 1 fully saturated rings. The molecule has 140 valence electrons. The summed E-state index contributed by atoms with van der Waals surface area (Å²) in [5.74, 6) is 1.14. The van der Waals surface area contributed by atoms with Gasteiger partial charge in [0.25, 0.3) is 5.91 Å². The second-order valence-electron chi connectivity index (χ2n) is 6.66. The standard InChI is InChI=1S/C20H22N4O2S/c1-26-14-6-2-4-12(8-14)17-9-15-18(27-17)16(19(21)25)11-23-20(15)24-13-5-3-7-22-10-13/h2,4,6,8-9,11,13,22H,3,5,7,10H2,1H3,(H2,21,25)(H,23,24)/t13-/m0/s1. The van der Waals surface area contributed by atoms with Crippen LogP contribution in [0.1, 0.15) is 23.2 Å². The highest BCUT2D eigenvalue weighted by Crippen LogP contribution is 2.39. The second-order valence-corrected chi connectivity index (χ2v) is 7.71. The van der Waals surface area contributed by atoms with Gasteiger partial charge in [-0.3, -0.25) is 4.79 Å². The number of hydrogen-bond acceptors (Lipinski definition) is 6. The number of pyridine rings is 1. The van der Waals surface area contributed by atoms with Crippen LogP contribution < -0.4 is 21.1 Å². The number of nitrogens with zero attached hydrogens (tertiary/aromatic N) is 1. The molecule has 1 aliphatic rings. The highest BCUT2D eigenvalue weighted by molar-refractivity contribution is 7.22. The number of anilines is 1. The number of nitrogens with one attached hydrogen (secondary N) is 2. The number of ether oxygens (including phenoxy) is 1. The Labute approximate surface area is 161 Å². The van der Waals surface area contributed by atoms with Crippen molar-refractivity contribution in [1.82, 2.24) is 10.3 Å². The van der Waals surface area contributed by atoms with Gasteiger partial charge in [-0.25, -0.2) is 4.98 Å². The first-order valence-corrected chi connectivity index (χ1v) is 9.81. The van der Waals surface area contributed by atoms with Crippen molar-refractivity contribution < 1.29 is 9.53 Å². The number of benzene rings is 1. The molecule has 0 unspecified atom stereocenters. The van der Waals surface area contributed by atoms with Gasteiger partial charge >= 0.3 is 0 Å². The van der Waals surface area contributed by atoms with E-state index in [0.29, 0.717) is 11.6 Å². The van der Waals surface area contributed by atoms with Gasteiger partial charge in [-0.05, 0) is 43.1 Å². The third-order valence-corrected chi connectivity index (χ3v) is 6.03. The van der Waals surface area contributed by atoms with Crippen molar-refractivity contribution in [3.05, 3.63) is 42.1 Å². The SMILES string of the molecule is COc1cccc(-c2cc3c(N[C@H]4CCCNC4)ncc(C(N)=O)c3s2)c1. The molecule has 4 N–H and O–H groups in total. The van der Waals surface area contributed by atoms with Gasteiger partial charge < -0.3 is 21.1 Å². The van der Waals surface area contributed by atoms with Crippen LogP contribution in [0.15, 0.2) is 36.5 Å². The summed E-state index contributed by atoms with van der Waals surface area (Å²) >= 11 is 1.55. The fourth-order valence-corrected chi connectivity index (χ4v) is 4.57. The lowest BCUT2D eigenvalue weighted by molar-refractivity contribution is 0.100. The summed E-state index contributed by atoms with van der Waals surface area (Å²) in [6.45, 7) is 1.97. The third-order valence-electron chi connectivity index (χ3n) is 4.81. The maximum Gasteiger partial charge on any atom is 0.251 e. The van der Waals surface area contributed by atoms with Gasteiger partial charge in [0, 0.05) is 29.0 Å². The van der Waals surface area contributed by atoms with E-state index in [0.717, 1.165) is 58.0 Å². The van der Waals surface area contributed by atoms with Gasteiger partial charge in [0.1, 0.15) is 11.6 Å². The first-order chi connectivity index (χ1) is 13.2. The summed E-state index contributed by atoms with van der Waals surface area (Å²) in [6, 6.07) is 10.3. The van der Waals surface area contributed by atoms with E-state index >= 15 is 0 Å². The molecule has 0 saturated carbocycles. The zero-order valence-electron chi connectivity index (χ0n) is 15.1. The summed E-state index contributed by atoms with van der Waals surface area (Å²) in [6.07, 6.45) is 3.81. The van der Waals surface area contributed by atoms with E-state index < -0.39 is 5.91 Å². The van der Waals surface area contributed by atoms with Crippen LogP contribution >= 0.6 is 11.3 Å². The Kier molecular flexibility index (Phi) is 4.96. The fraction of sp³-hybridized carbons (Fsp3) is 0.300. The van der Waals surface area contributed by atoms with Crippen LogP contribution in [0.25, 0.3) is 20.5 Å². The van der Waals surface area contributed by atoms with E-state index in [-0.39, 0.29) is 0 Å². The Morgan fingerprint density at radius 2 is 2.30 bits per heavy atom. The monoisotopic (exact) mass is 382 g/mol. The highest BCUT2D eigenvalue weighted by atomic mass is 32.1. The van der Waals surface area contributed by atoms with E-state index in [4.69, 9.17) is 10.5 Å². The molecular weight excluding hydrogens is 360 g/mol. The summed E-state index contributed by atoms with van der Waals surface area (Å²) in [5.41, 5.74) is 7.08. The number of carbonyl (C=O) groups excluding carboxylic acids is 1. The molecular formula is C20H22N4O2S. The molecule has 3 aromatic rings. The number of piperidine rings is 1. The summed E-state index contributed by atoms with van der Waals surface area (Å²) in [7, 11) is 1.65. The summed E-state index contributed by atoms with van der Waals surface area (Å²) in [5, 5.41) is 7.86. The van der Waals surface area contributed by atoms with Gasteiger partial charge in [0.05, 0.1) is 17.4 Å². The van der Waals surface area contributed by atoms with Crippen LogP contribution in [0, 0.1) is 0 Å². The van der Waals surface area contributed by atoms with Crippen molar-refractivity contribution in [1.29, 1.82) is 0 Å². The molecule has 2 aromatic heterocycles. The molecule has 1 atom stereocenters. The van der Waals surface area contributed by atoms with Crippen LogP contribution in [0.3, 0.4) is 0 Å². The average Bonchev–Trinajstić information content (AvgIpc) is 3.14. The normalized spacial score (nSPS) is 17.0. The number of amides is 1. The largest absolute Gasteiger partial charge is 0.497 e. The van der Waals surface area contributed by atoms with Crippen LogP contribution in [0.4, 0.5) is 5.82 Å². The maximum absolute atomic E-state index is 11.9. The molecule has 1 aromatic carbocycles. The third kappa shape index (κ3) is 3.61. The molecule has 27 heavy (non-hydrogen) atoms. The number of hydrogen-bond donors (Lipinski definition) is 3. The van der Waals surface area contributed by atoms with Crippen LogP contribution in [-0.4, -0.2) is 37.1 Å². The maximum atomic E-state index is 11.9. The number of primary amides is 1. The Morgan fingerprint density at radius 3 is 3.04 bits per heavy atom. The molecule has 0 aliphatic carbocycles. The van der Waals surface area contributed by atoms with E-state index in [2.05, 4.69) is 21.7 Å². The molecule has 1 aliphatic heterocycles. The number of methoxy groups -OCH3 is 1. The average molecular weight is 382 g/mol. The van der Waals surface area contributed by atoms with Crippen molar-refractivity contribution >= 4 is 33.1 Å². The molecule has 7 heteroatoms. The molecule has 6 nitrogen and oxygen atoms in total. The predicted molar refractivity (Wildman–Crippen MR) is 110 cm³/mol. The van der Waals surface area contributed by atoms with Crippen molar-refractivity contribution in [2.45, 2.75) is 18.9 Å².